The molecule has 0 aromatic carbocycles. The molecular formula is C16H29N3OS2. The van der Waals surface area contributed by atoms with Crippen molar-refractivity contribution in [1.29, 1.82) is 0 Å². The number of aliphatic hydroxyl groups is 1. The van der Waals surface area contributed by atoms with Crippen LogP contribution in [0.3, 0.4) is 0 Å². The predicted octanol–water partition coefficient (Wildman–Crippen LogP) is 2.18. The Hall–Kier alpha value is -0.0700. The normalized spacial score (nSPS) is 32.5. The van der Waals surface area contributed by atoms with Gasteiger partial charge in [-0.1, -0.05) is 19.3 Å². The Balaban J connectivity index is 1.58. The standard InChI is InChI=1S/C16H29N3OS2/c1-17-14(18-11-15(20)7-9-21-13-15)19-8-10-22-16(12-19)5-3-2-4-6-16/h20H,2-13H2,1H3,(H,17,18). The van der Waals surface area contributed by atoms with Gasteiger partial charge < -0.3 is 15.3 Å². The van der Waals surface area contributed by atoms with Crippen LogP contribution in [0.15, 0.2) is 4.99 Å². The Morgan fingerprint density at radius 2 is 2.05 bits per heavy atom. The highest BCUT2D eigenvalue weighted by molar-refractivity contribution is 8.00. The van der Waals surface area contributed by atoms with E-state index in [9.17, 15) is 5.11 Å². The quantitative estimate of drug-likeness (QED) is 0.594. The van der Waals surface area contributed by atoms with Crippen molar-refractivity contribution in [2.75, 3.05) is 43.9 Å². The van der Waals surface area contributed by atoms with Gasteiger partial charge in [-0.05, 0) is 25.0 Å². The van der Waals surface area contributed by atoms with Crippen LogP contribution < -0.4 is 5.32 Å². The molecule has 0 aromatic rings. The van der Waals surface area contributed by atoms with Crippen LogP contribution in [0.4, 0.5) is 0 Å². The molecular weight excluding hydrogens is 314 g/mol. The zero-order valence-electron chi connectivity index (χ0n) is 13.6. The fourth-order valence-electron chi connectivity index (χ4n) is 3.84. The summed E-state index contributed by atoms with van der Waals surface area (Å²) in [6.45, 7) is 2.81. The summed E-state index contributed by atoms with van der Waals surface area (Å²) in [5.74, 6) is 4.09. The van der Waals surface area contributed by atoms with Crippen molar-refractivity contribution < 1.29 is 5.11 Å². The topological polar surface area (TPSA) is 47.9 Å². The van der Waals surface area contributed by atoms with Gasteiger partial charge in [0.05, 0.1) is 5.60 Å². The van der Waals surface area contributed by atoms with E-state index in [0.29, 0.717) is 11.3 Å². The van der Waals surface area contributed by atoms with Crippen LogP contribution in [0, 0.1) is 0 Å². The summed E-state index contributed by atoms with van der Waals surface area (Å²) in [7, 11) is 1.87. The van der Waals surface area contributed by atoms with Crippen molar-refractivity contribution in [1.82, 2.24) is 10.2 Å². The maximum atomic E-state index is 10.5. The van der Waals surface area contributed by atoms with Gasteiger partial charge in [-0.25, -0.2) is 0 Å². The van der Waals surface area contributed by atoms with Crippen molar-refractivity contribution in [3.63, 3.8) is 0 Å². The molecule has 1 saturated carbocycles. The summed E-state index contributed by atoms with van der Waals surface area (Å²) in [6.07, 6.45) is 7.76. The minimum Gasteiger partial charge on any atom is -0.387 e. The lowest BCUT2D eigenvalue weighted by molar-refractivity contribution is 0.0716. The van der Waals surface area contributed by atoms with Gasteiger partial charge in [-0.3, -0.25) is 4.99 Å². The SMILES string of the molecule is CN=C(NCC1(O)CCSC1)N1CCSC2(CCCCC2)C1. The molecule has 1 atom stereocenters. The molecule has 1 aliphatic carbocycles. The number of hydrogen-bond acceptors (Lipinski definition) is 4. The van der Waals surface area contributed by atoms with Crippen LogP contribution >= 0.6 is 23.5 Å². The van der Waals surface area contributed by atoms with Gasteiger partial charge in [-0.15, -0.1) is 0 Å². The van der Waals surface area contributed by atoms with Gasteiger partial charge >= 0.3 is 0 Å². The van der Waals surface area contributed by atoms with Gasteiger partial charge in [-0.2, -0.15) is 23.5 Å². The van der Waals surface area contributed by atoms with Crippen molar-refractivity contribution in [3.05, 3.63) is 0 Å². The summed E-state index contributed by atoms with van der Waals surface area (Å²) in [6, 6.07) is 0. The van der Waals surface area contributed by atoms with Crippen molar-refractivity contribution in [2.45, 2.75) is 48.9 Å². The Kier molecular flexibility index (Phi) is 5.51. The minimum absolute atomic E-state index is 0.453. The van der Waals surface area contributed by atoms with Gasteiger partial charge in [0.25, 0.3) is 0 Å². The van der Waals surface area contributed by atoms with Crippen LogP contribution in [-0.2, 0) is 0 Å². The third-order valence-electron chi connectivity index (χ3n) is 5.18. The lowest BCUT2D eigenvalue weighted by Crippen LogP contribution is -2.55. The summed E-state index contributed by atoms with van der Waals surface area (Å²) >= 11 is 4.03. The third-order valence-corrected chi connectivity index (χ3v) is 7.95. The number of aliphatic imine (C=N–C) groups is 1. The van der Waals surface area contributed by atoms with E-state index in [1.807, 2.05) is 18.8 Å². The number of nitrogens with one attached hydrogen (secondary N) is 1. The highest BCUT2D eigenvalue weighted by Crippen LogP contribution is 2.42. The Bertz CT molecular complexity index is 399. The molecule has 0 amide bonds. The molecule has 1 unspecified atom stereocenters. The molecule has 3 rings (SSSR count). The zero-order valence-corrected chi connectivity index (χ0v) is 15.3. The van der Waals surface area contributed by atoms with Crippen LogP contribution in [-0.4, -0.2) is 70.3 Å². The molecule has 2 heterocycles. The third kappa shape index (κ3) is 3.88. The van der Waals surface area contributed by atoms with Gasteiger partial charge in [0.1, 0.15) is 0 Å². The first kappa shape index (κ1) is 16.8. The fourth-order valence-corrected chi connectivity index (χ4v) is 6.70. The minimum atomic E-state index is -0.548. The van der Waals surface area contributed by atoms with Crippen molar-refractivity contribution in [2.24, 2.45) is 4.99 Å². The molecule has 126 valence electrons. The molecule has 4 nitrogen and oxygen atoms in total. The molecule has 2 N–H and O–H groups in total. The predicted molar refractivity (Wildman–Crippen MR) is 98.1 cm³/mol. The highest BCUT2D eigenvalue weighted by atomic mass is 32.2. The van der Waals surface area contributed by atoms with Crippen molar-refractivity contribution >= 4 is 29.5 Å². The number of hydrogen-bond donors (Lipinski definition) is 2. The summed E-state index contributed by atoms with van der Waals surface area (Å²) in [5.41, 5.74) is -0.548. The Labute approximate surface area is 142 Å². The number of guanidine groups is 1. The summed E-state index contributed by atoms with van der Waals surface area (Å²) in [5, 5.41) is 14.0. The first-order valence-corrected chi connectivity index (χ1v) is 10.7. The van der Waals surface area contributed by atoms with E-state index in [0.717, 1.165) is 37.0 Å². The van der Waals surface area contributed by atoms with Crippen LogP contribution in [0.1, 0.15) is 38.5 Å². The number of nitrogens with zero attached hydrogens (tertiary/aromatic N) is 2. The van der Waals surface area contributed by atoms with E-state index >= 15 is 0 Å². The smallest absolute Gasteiger partial charge is 0.193 e. The number of rotatable bonds is 2. The lowest BCUT2D eigenvalue weighted by Gasteiger charge is -2.45. The molecule has 0 bridgehead atoms. The molecule has 2 saturated heterocycles. The van der Waals surface area contributed by atoms with E-state index in [2.05, 4.69) is 27.0 Å². The maximum Gasteiger partial charge on any atom is 0.193 e. The van der Waals surface area contributed by atoms with E-state index < -0.39 is 5.60 Å². The summed E-state index contributed by atoms with van der Waals surface area (Å²) in [4.78, 5) is 6.91. The molecule has 2 aliphatic heterocycles. The first-order chi connectivity index (χ1) is 10.6. The van der Waals surface area contributed by atoms with E-state index in [-0.39, 0.29) is 0 Å². The molecule has 3 fully saturated rings. The molecule has 0 aromatic heterocycles. The van der Waals surface area contributed by atoms with E-state index in [4.69, 9.17) is 0 Å². The summed E-state index contributed by atoms with van der Waals surface area (Å²) < 4.78 is 0.453. The van der Waals surface area contributed by atoms with Crippen LogP contribution in [0.5, 0.6) is 0 Å². The molecule has 22 heavy (non-hydrogen) atoms. The van der Waals surface area contributed by atoms with Gasteiger partial charge in [0.2, 0.25) is 0 Å². The largest absolute Gasteiger partial charge is 0.387 e. The van der Waals surface area contributed by atoms with Crippen molar-refractivity contribution in [3.8, 4) is 0 Å². The first-order valence-electron chi connectivity index (χ1n) is 8.55. The number of thioether (sulfide) groups is 2. The average Bonchev–Trinajstić information content (AvgIpc) is 2.96. The second kappa shape index (κ2) is 7.22. The highest BCUT2D eigenvalue weighted by Gasteiger charge is 2.39. The molecule has 3 aliphatic rings. The fraction of sp³-hybridized carbons (Fsp3) is 0.938. The average molecular weight is 344 g/mol. The van der Waals surface area contributed by atoms with E-state index in [1.165, 1.54) is 37.9 Å². The zero-order chi connectivity index (χ0) is 15.5. The molecule has 0 radical (unpaired) electrons. The second-order valence-electron chi connectivity index (χ2n) is 6.94. The second-order valence-corrected chi connectivity index (χ2v) is 9.61. The Morgan fingerprint density at radius 3 is 2.73 bits per heavy atom. The molecule has 1 spiro atoms. The van der Waals surface area contributed by atoms with E-state index in [1.54, 1.807) is 0 Å². The Morgan fingerprint density at radius 1 is 1.23 bits per heavy atom. The monoisotopic (exact) mass is 343 g/mol. The van der Waals surface area contributed by atoms with Crippen LogP contribution in [0.25, 0.3) is 0 Å². The van der Waals surface area contributed by atoms with Gasteiger partial charge in [0.15, 0.2) is 5.96 Å². The van der Waals surface area contributed by atoms with Crippen LogP contribution in [0.2, 0.25) is 0 Å². The lowest BCUT2D eigenvalue weighted by atomic mass is 9.87. The van der Waals surface area contributed by atoms with Gasteiger partial charge in [0, 0.05) is 42.9 Å². The maximum absolute atomic E-state index is 10.5. The molecule has 6 heteroatoms.